The second-order valence-electron chi connectivity index (χ2n) is 6.41. The molecule has 0 saturated heterocycles. The Balaban J connectivity index is 2.02. The molecular formula is C20H30FN5O. The zero-order valence-corrected chi connectivity index (χ0v) is 16.7. The third-order valence-corrected chi connectivity index (χ3v) is 4.56. The van der Waals surface area contributed by atoms with E-state index in [2.05, 4.69) is 15.3 Å². The molecule has 0 bridgehead atoms. The SMILES string of the molecule is CCNC(=NCCc1c[nH]c2cc(F)ccc12)N(C)CC(=O)N(CC)CC. The van der Waals surface area contributed by atoms with Crippen LogP contribution in [0, 0.1) is 5.82 Å². The molecule has 148 valence electrons. The maximum Gasteiger partial charge on any atom is 0.242 e. The highest BCUT2D eigenvalue weighted by Crippen LogP contribution is 2.19. The molecule has 2 rings (SSSR count). The number of fused-ring (bicyclic) bond motifs is 1. The molecule has 0 atom stereocenters. The number of carbonyl (C=O) groups is 1. The summed E-state index contributed by atoms with van der Waals surface area (Å²) < 4.78 is 13.3. The fourth-order valence-corrected chi connectivity index (χ4v) is 3.07. The van der Waals surface area contributed by atoms with Gasteiger partial charge >= 0.3 is 0 Å². The molecule has 1 aromatic heterocycles. The number of carbonyl (C=O) groups excluding carboxylic acids is 1. The highest BCUT2D eigenvalue weighted by molar-refractivity contribution is 5.86. The van der Waals surface area contributed by atoms with Crippen LogP contribution in [0.3, 0.4) is 0 Å². The van der Waals surface area contributed by atoms with Gasteiger partial charge in [0.25, 0.3) is 0 Å². The van der Waals surface area contributed by atoms with Gasteiger partial charge in [0.1, 0.15) is 5.82 Å². The number of nitrogens with one attached hydrogen (secondary N) is 2. The molecule has 0 aliphatic heterocycles. The fraction of sp³-hybridized carbons (Fsp3) is 0.500. The van der Waals surface area contributed by atoms with Gasteiger partial charge in [0, 0.05) is 50.3 Å². The number of amides is 1. The Morgan fingerprint density at radius 1 is 1.26 bits per heavy atom. The molecule has 0 aliphatic rings. The van der Waals surface area contributed by atoms with E-state index in [9.17, 15) is 9.18 Å². The van der Waals surface area contributed by atoms with Crippen molar-refractivity contribution in [2.75, 3.05) is 39.8 Å². The van der Waals surface area contributed by atoms with Gasteiger partial charge in [-0.15, -0.1) is 0 Å². The minimum Gasteiger partial charge on any atom is -0.361 e. The van der Waals surface area contributed by atoms with Gasteiger partial charge in [-0.1, -0.05) is 0 Å². The quantitative estimate of drug-likeness (QED) is 0.551. The number of H-pyrrole nitrogens is 1. The number of likely N-dealkylation sites (N-methyl/N-ethyl adjacent to an activating group) is 2. The lowest BCUT2D eigenvalue weighted by Gasteiger charge is -2.25. The summed E-state index contributed by atoms with van der Waals surface area (Å²) >= 11 is 0. The molecular weight excluding hydrogens is 345 g/mol. The second-order valence-corrected chi connectivity index (χ2v) is 6.41. The topological polar surface area (TPSA) is 63.7 Å². The summed E-state index contributed by atoms with van der Waals surface area (Å²) in [6.07, 6.45) is 2.64. The average molecular weight is 375 g/mol. The summed E-state index contributed by atoms with van der Waals surface area (Å²) in [5.74, 6) is 0.554. The van der Waals surface area contributed by atoms with Crippen LogP contribution < -0.4 is 5.32 Å². The normalized spacial score (nSPS) is 11.7. The Morgan fingerprint density at radius 3 is 2.67 bits per heavy atom. The molecule has 0 saturated carbocycles. The minimum absolute atomic E-state index is 0.0896. The predicted octanol–water partition coefficient (Wildman–Crippen LogP) is 2.62. The minimum atomic E-state index is -0.247. The van der Waals surface area contributed by atoms with Gasteiger partial charge in [-0.2, -0.15) is 0 Å². The molecule has 2 N–H and O–H groups in total. The van der Waals surface area contributed by atoms with Crippen LogP contribution in [0.1, 0.15) is 26.3 Å². The second kappa shape index (κ2) is 9.94. The number of benzene rings is 1. The van der Waals surface area contributed by atoms with E-state index in [4.69, 9.17) is 0 Å². The van der Waals surface area contributed by atoms with E-state index in [0.717, 1.165) is 29.4 Å². The van der Waals surface area contributed by atoms with Crippen LogP contribution in [0.4, 0.5) is 4.39 Å². The maximum atomic E-state index is 13.3. The van der Waals surface area contributed by atoms with Crippen LogP contribution in [0.15, 0.2) is 29.4 Å². The smallest absolute Gasteiger partial charge is 0.242 e. The molecule has 0 unspecified atom stereocenters. The largest absolute Gasteiger partial charge is 0.361 e. The highest BCUT2D eigenvalue weighted by Gasteiger charge is 2.15. The van der Waals surface area contributed by atoms with Crippen LogP contribution in [0.2, 0.25) is 0 Å². The van der Waals surface area contributed by atoms with Gasteiger partial charge in [0.05, 0.1) is 6.54 Å². The molecule has 27 heavy (non-hydrogen) atoms. The van der Waals surface area contributed by atoms with Gasteiger partial charge in [-0.25, -0.2) is 4.39 Å². The lowest BCUT2D eigenvalue weighted by Crippen LogP contribution is -2.45. The van der Waals surface area contributed by atoms with Crippen molar-refractivity contribution in [2.45, 2.75) is 27.2 Å². The van der Waals surface area contributed by atoms with Crippen molar-refractivity contribution in [2.24, 2.45) is 4.99 Å². The van der Waals surface area contributed by atoms with E-state index in [1.54, 1.807) is 6.07 Å². The van der Waals surface area contributed by atoms with Crippen LogP contribution in [-0.2, 0) is 11.2 Å². The third kappa shape index (κ3) is 5.45. The molecule has 0 aliphatic carbocycles. The van der Waals surface area contributed by atoms with Gasteiger partial charge in [0.2, 0.25) is 5.91 Å². The first-order valence-electron chi connectivity index (χ1n) is 9.52. The Hall–Kier alpha value is -2.57. The van der Waals surface area contributed by atoms with Crippen molar-refractivity contribution in [3.05, 3.63) is 35.8 Å². The lowest BCUT2D eigenvalue weighted by atomic mass is 10.1. The van der Waals surface area contributed by atoms with E-state index in [-0.39, 0.29) is 11.7 Å². The first-order chi connectivity index (χ1) is 13.0. The first-order valence-corrected chi connectivity index (χ1v) is 9.52. The number of guanidine groups is 1. The predicted molar refractivity (Wildman–Crippen MR) is 108 cm³/mol. The molecule has 0 spiro atoms. The number of aromatic amines is 1. The molecule has 0 fully saturated rings. The van der Waals surface area contributed by atoms with Crippen LogP contribution in [-0.4, -0.2) is 66.4 Å². The molecule has 7 heteroatoms. The number of halogens is 1. The first kappa shape index (κ1) is 20.7. The third-order valence-electron chi connectivity index (χ3n) is 4.56. The summed E-state index contributed by atoms with van der Waals surface area (Å²) in [5, 5.41) is 4.25. The number of aromatic nitrogens is 1. The molecule has 1 amide bonds. The zero-order valence-electron chi connectivity index (χ0n) is 16.7. The van der Waals surface area contributed by atoms with Crippen LogP contribution in [0.5, 0.6) is 0 Å². The van der Waals surface area contributed by atoms with Crippen molar-refractivity contribution >= 4 is 22.8 Å². The molecule has 6 nitrogen and oxygen atoms in total. The highest BCUT2D eigenvalue weighted by atomic mass is 19.1. The van der Waals surface area contributed by atoms with E-state index in [0.29, 0.717) is 32.1 Å². The van der Waals surface area contributed by atoms with Crippen molar-refractivity contribution in [3.8, 4) is 0 Å². The summed E-state index contributed by atoms with van der Waals surface area (Å²) in [5.41, 5.74) is 1.90. The zero-order chi connectivity index (χ0) is 19.8. The summed E-state index contributed by atoms with van der Waals surface area (Å²) in [6.45, 7) is 8.98. The lowest BCUT2D eigenvalue weighted by molar-refractivity contribution is -0.131. The monoisotopic (exact) mass is 375 g/mol. The van der Waals surface area contributed by atoms with Crippen LogP contribution >= 0.6 is 0 Å². The van der Waals surface area contributed by atoms with E-state index < -0.39 is 0 Å². The Labute approximate surface area is 160 Å². The van der Waals surface area contributed by atoms with Crippen molar-refractivity contribution < 1.29 is 9.18 Å². The standard InChI is InChI=1S/C20H30FN5O/c1-5-22-20(25(4)14-19(27)26(6-2)7-3)23-11-10-15-13-24-18-12-16(21)8-9-17(15)18/h8-9,12-13,24H,5-7,10-11,14H2,1-4H3,(H,22,23). The van der Waals surface area contributed by atoms with E-state index >= 15 is 0 Å². The van der Waals surface area contributed by atoms with Gasteiger partial charge in [0.15, 0.2) is 5.96 Å². The van der Waals surface area contributed by atoms with Crippen molar-refractivity contribution in [3.63, 3.8) is 0 Å². The van der Waals surface area contributed by atoms with E-state index in [1.807, 2.05) is 43.8 Å². The van der Waals surface area contributed by atoms with E-state index in [1.165, 1.54) is 12.1 Å². The van der Waals surface area contributed by atoms with Gasteiger partial charge in [-0.3, -0.25) is 9.79 Å². The Bertz CT molecular complexity index is 782. The molecule has 2 aromatic rings. The average Bonchev–Trinajstić information content (AvgIpc) is 3.04. The fourth-order valence-electron chi connectivity index (χ4n) is 3.07. The molecule has 1 aromatic carbocycles. The maximum absolute atomic E-state index is 13.3. The van der Waals surface area contributed by atoms with Gasteiger partial charge < -0.3 is 20.1 Å². The molecule has 1 heterocycles. The Morgan fingerprint density at radius 2 is 2.00 bits per heavy atom. The summed E-state index contributed by atoms with van der Waals surface area (Å²) in [7, 11) is 1.87. The summed E-state index contributed by atoms with van der Waals surface area (Å²) in [6, 6.07) is 4.76. The van der Waals surface area contributed by atoms with Crippen molar-refractivity contribution in [1.82, 2.24) is 20.1 Å². The van der Waals surface area contributed by atoms with Gasteiger partial charge in [-0.05, 0) is 51.0 Å². The number of nitrogens with zero attached hydrogens (tertiary/aromatic N) is 3. The Kier molecular flexibility index (Phi) is 7.64. The number of hydrogen-bond donors (Lipinski definition) is 2. The van der Waals surface area contributed by atoms with Crippen LogP contribution in [0.25, 0.3) is 10.9 Å². The summed E-state index contributed by atoms with van der Waals surface area (Å²) in [4.78, 5) is 23.7. The number of aliphatic imine (C=N–C) groups is 1. The number of rotatable bonds is 8. The molecule has 0 radical (unpaired) electrons. The van der Waals surface area contributed by atoms with Crippen molar-refractivity contribution in [1.29, 1.82) is 0 Å². The number of hydrogen-bond acceptors (Lipinski definition) is 2.